The number of piperazine rings is 1. The molecule has 13 heteroatoms. The van der Waals surface area contributed by atoms with Crippen LogP contribution in [0.3, 0.4) is 0 Å². The zero-order valence-corrected chi connectivity index (χ0v) is 15.9. The SMILES string of the molecule is CS(=O)(=O)N1CCN(S(=O)(=O)c2ccc(Br)s2)[C@@H](C(=O)NO)C1. The van der Waals surface area contributed by atoms with Gasteiger partial charge in [0.25, 0.3) is 15.9 Å². The summed E-state index contributed by atoms with van der Waals surface area (Å²) in [6, 6.07) is 1.60. The van der Waals surface area contributed by atoms with E-state index in [1.165, 1.54) is 11.5 Å². The molecule has 0 spiro atoms. The van der Waals surface area contributed by atoms with Crippen LogP contribution in [0.4, 0.5) is 0 Å². The van der Waals surface area contributed by atoms with Crippen LogP contribution in [-0.4, -0.2) is 68.5 Å². The van der Waals surface area contributed by atoms with Gasteiger partial charge in [-0.2, -0.15) is 8.61 Å². The highest BCUT2D eigenvalue weighted by atomic mass is 79.9. The Morgan fingerprint density at radius 1 is 1.35 bits per heavy atom. The lowest BCUT2D eigenvalue weighted by molar-refractivity contribution is -0.134. The number of carbonyl (C=O) groups excluding carboxylic acids is 1. The van der Waals surface area contributed by atoms with Crippen LogP contribution in [0.25, 0.3) is 0 Å². The molecule has 2 rings (SSSR count). The van der Waals surface area contributed by atoms with Gasteiger partial charge in [0.2, 0.25) is 10.0 Å². The minimum Gasteiger partial charge on any atom is -0.289 e. The van der Waals surface area contributed by atoms with E-state index in [2.05, 4.69) is 15.9 Å². The summed E-state index contributed by atoms with van der Waals surface area (Å²) in [6.45, 7) is -0.625. The summed E-state index contributed by atoms with van der Waals surface area (Å²) in [5.41, 5.74) is 1.39. The van der Waals surface area contributed by atoms with Crippen molar-refractivity contribution in [1.29, 1.82) is 0 Å². The van der Waals surface area contributed by atoms with Crippen molar-refractivity contribution in [3.8, 4) is 0 Å². The number of hydrogen-bond donors (Lipinski definition) is 2. The van der Waals surface area contributed by atoms with Crippen LogP contribution in [0.2, 0.25) is 0 Å². The molecule has 0 radical (unpaired) electrons. The molecule has 23 heavy (non-hydrogen) atoms. The van der Waals surface area contributed by atoms with Gasteiger partial charge < -0.3 is 0 Å². The molecule has 1 aromatic heterocycles. The molecule has 130 valence electrons. The maximum atomic E-state index is 12.7. The van der Waals surface area contributed by atoms with E-state index in [1.54, 1.807) is 6.07 Å². The van der Waals surface area contributed by atoms with Crippen molar-refractivity contribution in [2.24, 2.45) is 0 Å². The summed E-state index contributed by atoms with van der Waals surface area (Å²) in [5.74, 6) is -0.988. The van der Waals surface area contributed by atoms with Crippen LogP contribution in [0.15, 0.2) is 20.1 Å². The molecule has 0 aromatic carbocycles. The topological polar surface area (TPSA) is 124 Å². The molecule has 0 saturated carbocycles. The molecule has 2 N–H and O–H groups in total. The van der Waals surface area contributed by atoms with E-state index in [-0.39, 0.29) is 23.8 Å². The van der Waals surface area contributed by atoms with E-state index >= 15 is 0 Å². The Morgan fingerprint density at radius 2 is 2.00 bits per heavy atom. The lowest BCUT2D eigenvalue weighted by Crippen LogP contribution is -2.60. The molecule has 1 aliphatic heterocycles. The summed E-state index contributed by atoms with van der Waals surface area (Å²) in [7, 11) is -7.57. The van der Waals surface area contributed by atoms with Gasteiger partial charge in [0.1, 0.15) is 10.3 Å². The third-order valence-corrected chi connectivity index (χ3v) is 8.56. The lowest BCUT2D eigenvalue weighted by Gasteiger charge is -2.37. The molecule has 1 aromatic rings. The van der Waals surface area contributed by atoms with Gasteiger partial charge >= 0.3 is 0 Å². The molecule has 0 aliphatic carbocycles. The molecule has 0 unspecified atom stereocenters. The standard InChI is InChI=1S/C10H14BrN3O6S3/c1-22(17,18)13-4-5-14(7(6-13)10(15)12-16)23(19,20)9-3-2-8(11)21-9/h2-3,7,16H,4-6H2,1H3,(H,12,15)/t7-/m1/s1. The Kier molecular flexibility index (Phi) is 5.50. The summed E-state index contributed by atoms with van der Waals surface area (Å²) >= 11 is 4.15. The van der Waals surface area contributed by atoms with E-state index in [9.17, 15) is 21.6 Å². The van der Waals surface area contributed by atoms with E-state index in [4.69, 9.17) is 5.21 Å². The highest BCUT2D eigenvalue weighted by Crippen LogP contribution is 2.30. The van der Waals surface area contributed by atoms with Crippen LogP contribution >= 0.6 is 27.3 Å². The smallest absolute Gasteiger partial charge is 0.263 e. The third kappa shape index (κ3) is 3.92. The van der Waals surface area contributed by atoms with E-state index in [1.807, 2.05) is 0 Å². The molecule has 1 aliphatic rings. The molecule has 1 saturated heterocycles. The number of amides is 1. The normalized spacial score (nSPS) is 21.3. The highest BCUT2D eigenvalue weighted by Gasteiger charge is 2.42. The largest absolute Gasteiger partial charge is 0.289 e. The Morgan fingerprint density at radius 3 is 2.48 bits per heavy atom. The second-order valence-electron chi connectivity index (χ2n) is 4.79. The Balaban J connectivity index is 2.39. The summed E-state index contributed by atoms with van der Waals surface area (Å²) < 4.78 is 51.1. The van der Waals surface area contributed by atoms with Crippen molar-refractivity contribution in [1.82, 2.24) is 14.1 Å². The first-order chi connectivity index (χ1) is 10.6. The fourth-order valence-corrected chi connectivity index (χ4v) is 6.70. The monoisotopic (exact) mass is 447 g/mol. The average Bonchev–Trinajstić information content (AvgIpc) is 2.92. The van der Waals surface area contributed by atoms with Gasteiger partial charge in [-0.05, 0) is 28.1 Å². The number of hydrogen-bond acceptors (Lipinski definition) is 7. The predicted molar refractivity (Wildman–Crippen MR) is 86.0 cm³/mol. The number of hydroxylamine groups is 1. The molecule has 0 bridgehead atoms. The maximum absolute atomic E-state index is 12.7. The van der Waals surface area contributed by atoms with Crippen LogP contribution in [-0.2, 0) is 24.8 Å². The van der Waals surface area contributed by atoms with Gasteiger partial charge in [-0.3, -0.25) is 10.0 Å². The number of thiophene rings is 1. The van der Waals surface area contributed by atoms with Crippen molar-refractivity contribution < 1.29 is 26.8 Å². The zero-order chi connectivity index (χ0) is 17.4. The Bertz CT molecular complexity index is 806. The molecule has 1 atom stereocenters. The van der Waals surface area contributed by atoms with E-state index in [0.717, 1.165) is 26.2 Å². The average molecular weight is 448 g/mol. The zero-order valence-electron chi connectivity index (χ0n) is 11.8. The van der Waals surface area contributed by atoms with Gasteiger partial charge in [-0.25, -0.2) is 22.3 Å². The second kappa shape index (κ2) is 6.74. The van der Waals surface area contributed by atoms with Crippen LogP contribution in [0.5, 0.6) is 0 Å². The van der Waals surface area contributed by atoms with Crippen molar-refractivity contribution in [2.75, 3.05) is 25.9 Å². The number of sulfonamides is 2. The lowest BCUT2D eigenvalue weighted by atomic mass is 10.2. The Hall–Kier alpha value is -0.570. The fourth-order valence-electron chi connectivity index (χ4n) is 2.17. The molecular weight excluding hydrogens is 434 g/mol. The molecule has 2 heterocycles. The highest BCUT2D eigenvalue weighted by molar-refractivity contribution is 9.11. The van der Waals surface area contributed by atoms with Crippen molar-refractivity contribution >= 4 is 53.2 Å². The molecular formula is C10H14BrN3O6S3. The minimum absolute atomic E-state index is 0.0212. The summed E-state index contributed by atoms with van der Waals surface area (Å²) in [6.07, 6.45) is 0.974. The van der Waals surface area contributed by atoms with Gasteiger partial charge in [0.05, 0.1) is 10.0 Å². The van der Waals surface area contributed by atoms with Crippen molar-refractivity contribution in [3.63, 3.8) is 0 Å². The number of nitrogens with zero attached hydrogens (tertiary/aromatic N) is 2. The van der Waals surface area contributed by atoms with Gasteiger partial charge in [0, 0.05) is 19.6 Å². The fraction of sp³-hybridized carbons (Fsp3) is 0.500. The first-order valence-corrected chi connectivity index (χ1v) is 11.1. The van der Waals surface area contributed by atoms with Crippen molar-refractivity contribution in [3.05, 3.63) is 15.9 Å². The Labute approximate surface area is 146 Å². The van der Waals surface area contributed by atoms with Crippen molar-refractivity contribution in [2.45, 2.75) is 10.3 Å². The number of carbonyl (C=O) groups is 1. The predicted octanol–water partition coefficient (Wildman–Crippen LogP) is -0.349. The van der Waals surface area contributed by atoms with E-state index in [0.29, 0.717) is 3.79 Å². The molecule has 9 nitrogen and oxygen atoms in total. The number of nitrogens with one attached hydrogen (secondary N) is 1. The molecule has 1 fully saturated rings. The van der Waals surface area contributed by atoms with Gasteiger partial charge in [0.15, 0.2) is 0 Å². The second-order valence-corrected chi connectivity index (χ2v) is 11.4. The summed E-state index contributed by atoms with van der Waals surface area (Å²) in [4.78, 5) is 11.8. The summed E-state index contributed by atoms with van der Waals surface area (Å²) in [5, 5.41) is 8.84. The first kappa shape index (κ1) is 18.8. The maximum Gasteiger partial charge on any atom is 0.263 e. The van der Waals surface area contributed by atoms with E-state index < -0.39 is 32.0 Å². The van der Waals surface area contributed by atoms with Crippen LogP contribution in [0.1, 0.15) is 0 Å². The minimum atomic E-state index is -3.99. The van der Waals surface area contributed by atoms with Gasteiger partial charge in [-0.15, -0.1) is 11.3 Å². The third-order valence-electron chi connectivity index (χ3n) is 3.29. The number of halogens is 1. The van der Waals surface area contributed by atoms with Crippen LogP contribution < -0.4 is 5.48 Å². The van der Waals surface area contributed by atoms with Crippen LogP contribution in [0, 0.1) is 0 Å². The first-order valence-electron chi connectivity index (χ1n) is 6.23. The molecule has 1 amide bonds. The number of rotatable bonds is 4. The van der Waals surface area contributed by atoms with Gasteiger partial charge in [-0.1, -0.05) is 0 Å². The quantitative estimate of drug-likeness (QED) is 0.480.